The molecular formula is C21H22ClN3O3S2. The molecule has 0 saturated carbocycles. The van der Waals surface area contributed by atoms with Crippen molar-refractivity contribution < 1.29 is 13.2 Å². The van der Waals surface area contributed by atoms with E-state index >= 15 is 0 Å². The van der Waals surface area contributed by atoms with Gasteiger partial charge in [-0.25, -0.2) is 8.42 Å². The predicted molar refractivity (Wildman–Crippen MR) is 118 cm³/mol. The van der Waals surface area contributed by atoms with Crippen molar-refractivity contribution in [2.24, 2.45) is 5.92 Å². The van der Waals surface area contributed by atoms with Crippen LogP contribution < -0.4 is 5.32 Å². The second kappa shape index (κ2) is 8.31. The number of nitriles is 1. The molecule has 6 nitrogen and oxygen atoms in total. The standard InChI is InChI=1S/C21H22ClN3O3S2/c1-13-4-6-15-16(12-23)21(29-18(15)10-13)24-20(26)14-5-7-17(22)19(11-14)30(27,28)25-8-2-3-9-25/h5,7,11,13H,2-4,6,8-10H2,1H3,(H,24,26)/t13-/m0/s1. The Bertz CT molecular complexity index is 1140. The summed E-state index contributed by atoms with van der Waals surface area (Å²) in [6.07, 6.45) is 4.40. The molecule has 4 rings (SSSR count). The number of nitrogens with one attached hydrogen (secondary N) is 1. The smallest absolute Gasteiger partial charge is 0.256 e. The van der Waals surface area contributed by atoms with Gasteiger partial charge in [-0.05, 0) is 61.8 Å². The normalized spacial score (nSPS) is 19.3. The Morgan fingerprint density at radius 1 is 1.33 bits per heavy atom. The molecule has 0 spiro atoms. The quantitative estimate of drug-likeness (QED) is 0.725. The number of carbonyl (C=O) groups is 1. The number of hydrogen-bond donors (Lipinski definition) is 1. The summed E-state index contributed by atoms with van der Waals surface area (Å²) in [5.74, 6) is 0.105. The van der Waals surface area contributed by atoms with Crippen molar-refractivity contribution >= 4 is 43.9 Å². The highest BCUT2D eigenvalue weighted by atomic mass is 35.5. The van der Waals surface area contributed by atoms with E-state index in [1.807, 2.05) is 0 Å². The first-order valence-electron chi connectivity index (χ1n) is 9.97. The van der Waals surface area contributed by atoms with Crippen LogP contribution in [0.2, 0.25) is 5.02 Å². The molecule has 0 radical (unpaired) electrons. The molecule has 1 saturated heterocycles. The maximum absolute atomic E-state index is 12.9. The minimum atomic E-state index is -3.75. The second-order valence-corrected chi connectivity index (χ2v) is 11.3. The Hall–Kier alpha value is -1.92. The molecule has 1 aromatic heterocycles. The number of sulfonamides is 1. The monoisotopic (exact) mass is 463 g/mol. The maximum Gasteiger partial charge on any atom is 0.256 e. The van der Waals surface area contributed by atoms with E-state index in [0.717, 1.165) is 42.5 Å². The highest BCUT2D eigenvalue weighted by Gasteiger charge is 2.30. The molecule has 1 aliphatic heterocycles. The van der Waals surface area contributed by atoms with Crippen LogP contribution in [0.15, 0.2) is 23.1 Å². The topological polar surface area (TPSA) is 90.3 Å². The molecule has 1 fully saturated rings. The van der Waals surface area contributed by atoms with Crippen LogP contribution in [0.25, 0.3) is 0 Å². The molecule has 1 N–H and O–H groups in total. The first-order chi connectivity index (χ1) is 14.3. The maximum atomic E-state index is 12.9. The number of anilines is 1. The third-order valence-electron chi connectivity index (χ3n) is 5.73. The molecule has 2 aromatic rings. The van der Waals surface area contributed by atoms with Crippen LogP contribution in [-0.4, -0.2) is 31.7 Å². The van der Waals surface area contributed by atoms with E-state index in [0.29, 0.717) is 29.6 Å². The summed E-state index contributed by atoms with van der Waals surface area (Å²) in [5.41, 5.74) is 1.75. The van der Waals surface area contributed by atoms with Gasteiger partial charge in [0.25, 0.3) is 5.91 Å². The molecule has 30 heavy (non-hydrogen) atoms. The van der Waals surface area contributed by atoms with Gasteiger partial charge in [0.15, 0.2) is 0 Å². The van der Waals surface area contributed by atoms with Gasteiger partial charge < -0.3 is 5.32 Å². The van der Waals surface area contributed by atoms with Crippen molar-refractivity contribution in [3.05, 3.63) is 44.8 Å². The van der Waals surface area contributed by atoms with E-state index in [9.17, 15) is 18.5 Å². The molecule has 1 amide bonds. The summed E-state index contributed by atoms with van der Waals surface area (Å²) in [6, 6.07) is 6.49. The Kier molecular flexibility index (Phi) is 5.90. The van der Waals surface area contributed by atoms with Crippen molar-refractivity contribution in [3.63, 3.8) is 0 Å². The number of amides is 1. The summed E-state index contributed by atoms with van der Waals surface area (Å²) in [4.78, 5) is 14.0. The molecule has 0 unspecified atom stereocenters. The lowest BCUT2D eigenvalue weighted by Gasteiger charge is -2.17. The van der Waals surface area contributed by atoms with E-state index in [-0.39, 0.29) is 15.5 Å². The number of thiophene rings is 1. The molecule has 2 aliphatic rings. The number of halogens is 1. The lowest BCUT2D eigenvalue weighted by molar-refractivity contribution is 0.102. The minimum Gasteiger partial charge on any atom is -0.312 e. The van der Waals surface area contributed by atoms with Crippen LogP contribution in [-0.2, 0) is 22.9 Å². The van der Waals surface area contributed by atoms with Gasteiger partial charge in [0.1, 0.15) is 16.0 Å². The number of benzene rings is 1. The summed E-state index contributed by atoms with van der Waals surface area (Å²) >= 11 is 7.62. The zero-order valence-corrected chi connectivity index (χ0v) is 19.0. The molecular weight excluding hydrogens is 442 g/mol. The van der Waals surface area contributed by atoms with Crippen LogP contribution in [0.1, 0.15) is 52.5 Å². The van der Waals surface area contributed by atoms with E-state index in [1.165, 1.54) is 33.8 Å². The first-order valence-corrected chi connectivity index (χ1v) is 12.6. The van der Waals surface area contributed by atoms with E-state index in [1.54, 1.807) is 0 Å². The average molecular weight is 464 g/mol. The molecule has 0 bridgehead atoms. The summed E-state index contributed by atoms with van der Waals surface area (Å²) in [5, 5.41) is 13.1. The van der Waals surface area contributed by atoms with Crippen molar-refractivity contribution in [3.8, 4) is 6.07 Å². The number of rotatable bonds is 4. The third-order valence-corrected chi connectivity index (χ3v) is 9.28. The van der Waals surface area contributed by atoms with Crippen LogP contribution in [0.3, 0.4) is 0 Å². The summed E-state index contributed by atoms with van der Waals surface area (Å²) in [7, 11) is -3.75. The fourth-order valence-corrected chi connectivity index (χ4v) is 7.42. The molecule has 1 atom stereocenters. The molecule has 9 heteroatoms. The zero-order chi connectivity index (χ0) is 21.5. The van der Waals surface area contributed by atoms with Crippen LogP contribution >= 0.6 is 22.9 Å². The predicted octanol–water partition coefficient (Wildman–Crippen LogP) is 4.43. The van der Waals surface area contributed by atoms with Crippen molar-refractivity contribution in [2.45, 2.75) is 43.9 Å². The lowest BCUT2D eigenvalue weighted by atomic mass is 9.88. The molecule has 1 aromatic carbocycles. The number of nitrogens with zero attached hydrogens (tertiary/aromatic N) is 2. The highest BCUT2D eigenvalue weighted by Crippen LogP contribution is 2.39. The SMILES string of the molecule is C[C@H]1CCc2c(sc(NC(=O)c3ccc(Cl)c(S(=O)(=O)N4CCCC4)c3)c2C#N)C1. The summed E-state index contributed by atoms with van der Waals surface area (Å²) in [6.45, 7) is 3.10. The van der Waals surface area contributed by atoms with Crippen LogP contribution in [0, 0.1) is 17.2 Å². The van der Waals surface area contributed by atoms with Gasteiger partial charge in [0, 0.05) is 23.5 Å². The third kappa shape index (κ3) is 3.87. The van der Waals surface area contributed by atoms with Crippen LogP contribution in [0.5, 0.6) is 0 Å². The van der Waals surface area contributed by atoms with E-state index < -0.39 is 15.9 Å². The molecule has 158 valence electrons. The lowest BCUT2D eigenvalue weighted by Crippen LogP contribution is -2.28. The fraction of sp³-hybridized carbons (Fsp3) is 0.429. The largest absolute Gasteiger partial charge is 0.312 e. The zero-order valence-electron chi connectivity index (χ0n) is 16.6. The van der Waals surface area contributed by atoms with E-state index in [4.69, 9.17) is 11.6 Å². The van der Waals surface area contributed by atoms with Gasteiger partial charge in [-0.1, -0.05) is 18.5 Å². The van der Waals surface area contributed by atoms with Crippen molar-refractivity contribution in [1.29, 1.82) is 5.26 Å². The molecule has 2 heterocycles. The van der Waals surface area contributed by atoms with Gasteiger partial charge in [0.2, 0.25) is 10.0 Å². The van der Waals surface area contributed by atoms with Gasteiger partial charge in [0.05, 0.1) is 10.6 Å². The minimum absolute atomic E-state index is 0.0569. The number of hydrogen-bond acceptors (Lipinski definition) is 5. The Morgan fingerprint density at radius 3 is 2.77 bits per heavy atom. The average Bonchev–Trinajstić information content (AvgIpc) is 3.35. The van der Waals surface area contributed by atoms with Crippen molar-refractivity contribution in [2.75, 3.05) is 18.4 Å². The van der Waals surface area contributed by atoms with Crippen LogP contribution in [0.4, 0.5) is 5.00 Å². The van der Waals surface area contributed by atoms with Gasteiger partial charge in [-0.15, -0.1) is 11.3 Å². The molecule has 1 aliphatic carbocycles. The van der Waals surface area contributed by atoms with Crippen molar-refractivity contribution in [1.82, 2.24) is 4.31 Å². The second-order valence-electron chi connectivity index (χ2n) is 7.88. The van der Waals surface area contributed by atoms with Gasteiger partial charge in [-0.3, -0.25) is 4.79 Å². The Balaban J connectivity index is 1.63. The highest BCUT2D eigenvalue weighted by molar-refractivity contribution is 7.89. The summed E-state index contributed by atoms with van der Waals surface area (Å²) < 4.78 is 27.2. The number of fused-ring (bicyclic) bond motifs is 1. The van der Waals surface area contributed by atoms with Gasteiger partial charge in [-0.2, -0.15) is 9.57 Å². The van der Waals surface area contributed by atoms with Gasteiger partial charge >= 0.3 is 0 Å². The number of carbonyl (C=O) groups excluding carboxylic acids is 1. The Morgan fingerprint density at radius 2 is 2.07 bits per heavy atom. The Labute approximate surface area is 185 Å². The fourth-order valence-electron chi connectivity index (χ4n) is 4.04. The van der Waals surface area contributed by atoms with E-state index in [2.05, 4.69) is 18.3 Å². The first kappa shape index (κ1) is 21.3.